The number of benzene rings is 2. The van der Waals surface area contributed by atoms with Gasteiger partial charge < -0.3 is 15.4 Å². The normalized spacial score (nSPS) is 10.3. The lowest BCUT2D eigenvalue weighted by atomic mass is 10.2. The molecule has 6 heteroatoms. The van der Waals surface area contributed by atoms with Gasteiger partial charge in [0.25, 0.3) is 11.8 Å². The number of hydrogen-bond acceptors (Lipinski definition) is 3. The summed E-state index contributed by atoms with van der Waals surface area (Å²) in [7, 11) is 0. The Kier molecular flexibility index (Phi) is 7.66. The Morgan fingerprint density at radius 1 is 1.12 bits per heavy atom. The maximum absolute atomic E-state index is 12.1. The number of carbonyl (C=O) groups is 2. The van der Waals surface area contributed by atoms with Crippen molar-refractivity contribution < 1.29 is 14.3 Å². The molecule has 138 valence electrons. The molecule has 0 aliphatic rings. The van der Waals surface area contributed by atoms with Gasteiger partial charge in [0.2, 0.25) is 0 Å². The number of amides is 2. The zero-order valence-corrected chi connectivity index (χ0v) is 16.6. The number of aryl methyl sites for hydroxylation is 1. The van der Waals surface area contributed by atoms with Crippen LogP contribution < -0.4 is 15.4 Å². The first-order valence-corrected chi connectivity index (χ1v) is 9.42. The van der Waals surface area contributed by atoms with Crippen molar-refractivity contribution >= 4 is 33.4 Å². The molecule has 0 aliphatic carbocycles. The lowest BCUT2D eigenvalue weighted by Gasteiger charge is -2.11. The molecule has 0 aliphatic heterocycles. The minimum absolute atomic E-state index is 0.115. The van der Waals surface area contributed by atoms with E-state index >= 15 is 0 Å². The van der Waals surface area contributed by atoms with Crippen LogP contribution in [-0.2, 0) is 11.2 Å². The van der Waals surface area contributed by atoms with E-state index in [2.05, 4.69) is 33.5 Å². The highest BCUT2D eigenvalue weighted by molar-refractivity contribution is 9.10. The fourth-order valence-corrected chi connectivity index (χ4v) is 2.84. The van der Waals surface area contributed by atoms with Gasteiger partial charge in [-0.25, -0.2) is 0 Å². The first-order valence-electron chi connectivity index (χ1n) is 8.62. The van der Waals surface area contributed by atoms with E-state index in [-0.39, 0.29) is 18.4 Å². The van der Waals surface area contributed by atoms with Crippen molar-refractivity contribution in [1.82, 2.24) is 5.32 Å². The van der Waals surface area contributed by atoms with Crippen LogP contribution in [0.15, 0.2) is 46.9 Å². The van der Waals surface area contributed by atoms with Crippen molar-refractivity contribution in [3.8, 4) is 5.75 Å². The molecule has 0 spiro atoms. The third-order valence-corrected chi connectivity index (χ3v) is 4.33. The van der Waals surface area contributed by atoms with Gasteiger partial charge in [-0.1, -0.05) is 26.0 Å². The molecule has 0 unspecified atom stereocenters. The average molecular weight is 419 g/mol. The van der Waals surface area contributed by atoms with E-state index in [1.165, 1.54) is 5.56 Å². The second-order valence-corrected chi connectivity index (χ2v) is 6.65. The van der Waals surface area contributed by atoms with E-state index < -0.39 is 0 Å². The maximum Gasteiger partial charge on any atom is 0.262 e. The Morgan fingerprint density at radius 2 is 1.92 bits per heavy atom. The maximum atomic E-state index is 12.1. The zero-order chi connectivity index (χ0) is 18.9. The standard InChI is InChI=1S/C20H23BrN2O3/c1-3-10-22-20(25)15-6-5-7-16(12-15)23-19(24)13-26-18-9-8-14(4-2)11-17(18)21/h5-9,11-12H,3-4,10,13H2,1-2H3,(H,22,25)(H,23,24). The lowest BCUT2D eigenvalue weighted by molar-refractivity contribution is -0.118. The third-order valence-electron chi connectivity index (χ3n) is 3.71. The van der Waals surface area contributed by atoms with Gasteiger partial charge in [-0.3, -0.25) is 9.59 Å². The van der Waals surface area contributed by atoms with Crippen LogP contribution >= 0.6 is 15.9 Å². The summed E-state index contributed by atoms with van der Waals surface area (Å²) in [4.78, 5) is 24.1. The summed E-state index contributed by atoms with van der Waals surface area (Å²) in [6.45, 7) is 4.57. The molecule has 0 atom stereocenters. The smallest absolute Gasteiger partial charge is 0.262 e. The molecule has 0 radical (unpaired) electrons. The minimum atomic E-state index is -0.289. The molecule has 26 heavy (non-hydrogen) atoms. The van der Waals surface area contributed by atoms with E-state index in [1.54, 1.807) is 24.3 Å². The van der Waals surface area contributed by atoms with Crippen molar-refractivity contribution in [3.63, 3.8) is 0 Å². The number of hydrogen-bond donors (Lipinski definition) is 2. The summed E-state index contributed by atoms with van der Waals surface area (Å²) >= 11 is 3.45. The quantitative estimate of drug-likeness (QED) is 0.675. The van der Waals surface area contributed by atoms with Gasteiger partial charge in [0.15, 0.2) is 6.61 Å². The summed E-state index contributed by atoms with van der Waals surface area (Å²) in [5.74, 6) is 0.173. The van der Waals surface area contributed by atoms with Crippen molar-refractivity contribution in [1.29, 1.82) is 0 Å². The fourth-order valence-electron chi connectivity index (χ4n) is 2.30. The largest absolute Gasteiger partial charge is 0.483 e. The topological polar surface area (TPSA) is 67.4 Å². The van der Waals surface area contributed by atoms with Crippen LogP contribution in [-0.4, -0.2) is 25.0 Å². The van der Waals surface area contributed by atoms with E-state index in [4.69, 9.17) is 4.74 Å². The average Bonchev–Trinajstić information content (AvgIpc) is 2.65. The number of rotatable bonds is 8. The van der Waals surface area contributed by atoms with E-state index in [9.17, 15) is 9.59 Å². The first-order chi connectivity index (χ1) is 12.5. The van der Waals surface area contributed by atoms with Crippen LogP contribution in [0, 0.1) is 0 Å². The van der Waals surface area contributed by atoms with Gasteiger partial charge in [-0.2, -0.15) is 0 Å². The summed E-state index contributed by atoms with van der Waals surface area (Å²) in [5, 5.41) is 5.56. The monoisotopic (exact) mass is 418 g/mol. The third kappa shape index (κ3) is 5.88. The van der Waals surface area contributed by atoms with Crippen LogP contribution in [0.3, 0.4) is 0 Å². The van der Waals surface area contributed by atoms with Crippen molar-refractivity contribution in [2.75, 3.05) is 18.5 Å². The number of anilines is 1. The molecule has 2 N–H and O–H groups in total. The SMILES string of the molecule is CCCNC(=O)c1cccc(NC(=O)COc2ccc(CC)cc2Br)c1. The predicted molar refractivity (Wildman–Crippen MR) is 107 cm³/mol. The van der Waals surface area contributed by atoms with Crippen molar-refractivity contribution in [3.05, 3.63) is 58.1 Å². The Balaban J connectivity index is 1.92. The minimum Gasteiger partial charge on any atom is -0.483 e. The van der Waals surface area contributed by atoms with Crippen molar-refractivity contribution in [2.24, 2.45) is 0 Å². The van der Waals surface area contributed by atoms with Crippen LogP contribution in [0.4, 0.5) is 5.69 Å². The molecule has 0 saturated carbocycles. The molecule has 0 bridgehead atoms. The molecule has 0 fully saturated rings. The Hall–Kier alpha value is -2.34. The molecule has 0 saturated heterocycles. The van der Waals surface area contributed by atoms with Gasteiger partial charge in [0, 0.05) is 17.8 Å². The molecule has 5 nitrogen and oxygen atoms in total. The highest BCUT2D eigenvalue weighted by Crippen LogP contribution is 2.26. The molecular formula is C20H23BrN2O3. The summed E-state index contributed by atoms with van der Waals surface area (Å²) in [6.07, 6.45) is 1.80. The Morgan fingerprint density at radius 3 is 2.62 bits per heavy atom. The number of ether oxygens (including phenoxy) is 1. The molecule has 0 heterocycles. The number of carbonyl (C=O) groups excluding carboxylic acids is 2. The zero-order valence-electron chi connectivity index (χ0n) is 15.0. The molecule has 0 aromatic heterocycles. The number of halogens is 1. The van der Waals surface area contributed by atoms with Gasteiger partial charge in [0.1, 0.15) is 5.75 Å². The van der Waals surface area contributed by atoms with Gasteiger partial charge in [-0.15, -0.1) is 0 Å². The molecule has 2 amide bonds. The van der Waals surface area contributed by atoms with Crippen LogP contribution in [0.25, 0.3) is 0 Å². The van der Waals surface area contributed by atoms with E-state index in [1.807, 2.05) is 25.1 Å². The second kappa shape index (κ2) is 9.97. The molecule has 2 aromatic carbocycles. The predicted octanol–water partition coefficient (Wildman–Crippen LogP) is 4.17. The fraction of sp³-hybridized carbons (Fsp3) is 0.300. The molecular weight excluding hydrogens is 396 g/mol. The summed E-state index contributed by atoms with van der Waals surface area (Å²) < 4.78 is 6.38. The first kappa shape index (κ1) is 20.0. The Bertz CT molecular complexity index is 777. The van der Waals surface area contributed by atoms with Crippen LogP contribution in [0.5, 0.6) is 5.75 Å². The van der Waals surface area contributed by atoms with Crippen LogP contribution in [0.1, 0.15) is 36.2 Å². The van der Waals surface area contributed by atoms with Gasteiger partial charge in [0.05, 0.1) is 4.47 Å². The highest BCUT2D eigenvalue weighted by Gasteiger charge is 2.09. The van der Waals surface area contributed by atoms with Crippen LogP contribution in [0.2, 0.25) is 0 Å². The van der Waals surface area contributed by atoms with Crippen molar-refractivity contribution in [2.45, 2.75) is 26.7 Å². The summed E-state index contributed by atoms with van der Waals surface area (Å²) in [6, 6.07) is 12.6. The summed E-state index contributed by atoms with van der Waals surface area (Å²) in [5.41, 5.74) is 2.25. The molecule has 2 rings (SSSR count). The van der Waals surface area contributed by atoms with E-state index in [0.717, 1.165) is 17.3 Å². The second-order valence-electron chi connectivity index (χ2n) is 5.79. The highest BCUT2D eigenvalue weighted by atomic mass is 79.9. The molecule has 2 aromatic rings. The Labute approximate surface area is 162 Å². The number of nitrogens with one attached hydrogen (secondary N) is 2. The van der Waals surface area contributed by atoms with Gasteiger partial charge in [-0.05, 0) is 64.7 Å². The lowest BCUT2D eigenvalue weighted by Crippen LogP contribution is -2.24. The van der Waals surface area contributed by atoms with E-state index in [0.29, 0.717) is 23.5 Å². The van der Waals surface area contributed by atoms with Gasteiger partial charge >= 0.3 is 0 Å².